The van der Waals surface area contributed by atoms with Crippen LogP contribution in [0.1, 0.15) is 32.1 Å². The molecule has 1 aliphatic carbocycles. The van der Waals surface area contributed by atoms with Crippen LogP contribution < -0.4 is 0 Å². The van der Waals surface area contributed by atoms with Crippen LogP contribution in [0, 0.1) is 5.92 Å². The van der Waals surface area contributed by atoms with Crippen molar-refractivity contribution < 1.29 is 14.6 Å². The lowest BCUT2D eigenvalue weighted by atomic mass is 9.85. The van der Waals surface area contributed by atoms with E-state index in [9.17, 15) is 5.11 Å². The van der Waals surface area contributed by atoms with Gasteiger partial charge in [-0.15, -0.1) is 0 Å². The van der Waals surface area contributed by atoms with E-state index in [2.05, 4.69) is 0 Å². The molecule has 0 aromatic rings. The van der Waals surface area contributed by atoms with Crippen molar-refractivity contribution in [2.45, 2.75) is 44.5 Å². The van der Waals surface area contributed by atoms with Crippen molar-refractivity contribution in [3.8, 4) is 0 Å². The van der Waals surface area contributed by atoms with Crippen molar-refractivity contribution in [2.75, 3.05) is 14.2 Å². The SMILES string of the molecule is COC(OC)C(O)C1CCCCC1. The topological polar surface area (TPSA) is 38.7 Å². The number of methoxy groups -OCH3 is 2. The highest BCUT2D eigenvalue weighted by atomic mass is 16.7. The molecule has 0 aliphatic heterocycles. The van der Waals surface area contributed by atoms with Crippen molar-refractivity contribution in [2.24, 2.45) is 5.92 Å². The van der Waals surface area contributed by atoms with Gasteiger partial charge in [0, 0.05) is 14.2 Å². The monoisotopic (exact) mass is 188 g/mol. The van der Waals surface area contributed by atoms with Gasteiger partial charge < -0.3 is 14.6 Å². The molecule has 1 unspecified atom stereocenters. The van der Waals surface area contributed by atoms with E-state index in [0.29, 0.717) is 5.92 Å². The fourth-order valence-electron chi connectivity index (χ4n) is 2.07. The third-order valence-electron chi connectivity index (χ3n) is 2.88. The van der Waals surface area contributed by atoms with Gasteiger partial charge in [-0.2, -0.15) is 0 Å². The molecule has 1 fully saturated rings. The number of aliphatic hydroxyl groups is 1. The van der Waals surface area contributed by atoms with Gasteiger partial charge in [0.15, 0.2) is 6.29 Å². The molecule has 0 aromatic heterocycles. The van der Waals surface area contributed by atoms with Crippen molar-refractivity contribution in [3.05, 3.63) is 0 Å². The highest BCUT2D eigenvalue weighted by Gasteiger charge is 2.28. The summed E-state index contributed by atoms with van der Waals surface area (Å²) in [6.07, 6.45) is 5.03. The van der Waals surface area contributed by atoms with Gasteiger partial charge in [-0.05, 0) is 18.8 Å². The van der Waals surface area contributed by atoms with E-state index in [-0.39, 0.29) is 0 Å². The third kappa shape index (κ3) is 2.93. The Balaban J connectivity index is 2.38. The molecule has 0 spiro atoms. The minimum absolute atomic E-state index is 0.360. The van der Waals surface area contributed by atoms with Crippen LogP contribution >= 0.6 is 0 Å². The first-order chi connectivity index (χ1) is 6.29. The highest BCUT2D eigenvalue weighted by Crippen LogP contribution is 2.28. The summed E-state index contributed by atoms with van der Waals surface area (Å²) in [5.74, 6) is 0.360. The molecule has 1 atom stereocenters. The van der Waals surface area contributed by atoms with E-state index < -0.39 is 12.4 Å². The Labute approximate surface area is 80.0 Å². The Morgan fingerprint density at radius 1 is 1.08 bits per heavy atom. The lowest BCUT2D eigenvalue weighted by Gasteiger charge is -2.30. The zero-order valence-corrected chi connectivity index (χ0v) is 8.53. The Morgan fingerprint density at radius 2 is 1.62 bits per heavy atom. The van der Waals surface area contributed by atoms with Crippen molar-refractivity contribution >= 4 is 0 Å². The second kappa shape index (κ2) is 5.58. The summed E-state index contributed by atoms with van der Waals surface area (Å²) in [6.45, 7) is 0. The number of rotatable bonds is 4. The van der Waals surface area contributed by atoms with E-state index in [1.807, 2.05) is 0 Å². The Bertz CT molecular complexity index is 128. The molecule has 0 amide bonds. The normalized spacial score (nSPS) is 22.2. The minimum Gasteiger partial charge on any atom is -0.388 e. The first-order valence-corrected chi connectivity index (χ1v) is 5.03. The van der Waals surface area contributed by atoms with Crippen molar-refractivity contribution in [1.82, 2.24) is 0 Å². The second-order valence-corrected chi connectivity index (χ2v) is 3.73. The van der Waals surface area contributed by atoms with Crippen molar-refractivity contribution in [1.29, 1.82) is 0 Å². The standard InChI is InChI=1S/C10H20O3/c1-12-10(13-2)9(11)8-6-4-3-5-7-8/h8-11H,3-7H2,1-2H3. The predicted octanol–water partition coefficient (Wildman–Crippen LogP) is 1.55. The zero-order chi connectivity index (χ0) is 9.68. The van der Waals surface area contributed by atoms with Crippen molar-refractivity contribution in [3.63, 3.8) is 0 Å². The summed E-state index contributed by atoms with van der Waals surface area (Å²) in [4.78, 5) is 0. The van der Waals surface area contributed by atoms with Crippen LogP contribution in [-0.2, 0) is 9.47 Å². The number of hydrogen-bond acceptors (Lipinski definition) is 3. The molecule has 78 valence electrons. The average Bonchev–Trinajstić information content (AvgIpc) is 2.21. The van der Waals surface area contributed by atoms with Gasteiger partial charge in [0.1, 0.15) is 6.10 Å². The van der Waals surface area contributed by atoms with E-state index >= 15 is 0 Å². The molecule has 1 aliphatic rings. The van der Waals surface area contributed by atoms with Crippen LogP contribution in [0.5, 0.6) is 0 Å². The Morgan fingerprint density at radius 3 is 2.08 bits per heavy atom. The van der Waals surface area contributed by atoms with E-state index in [0.717, 1.165) is 12.8 Å². The van der Waals surface area contributed by atoms with Gasteiger partial charge in [-0.25, -0.2) is 0 Å². The van der Waals surface area contributed by atoms with E-state index in [4.69, 9.17) is 9.47 Å². The Kier molecular flexibility index (Phi) is 4.70. The molecular weight excluding hydrogens is 168 g/mol. The van der Waals surface area contributed by atoms with Crippen LogP contribution in [0.15, 0.2) is 0 Å². The zero-order valence-electron chi connectivity index (χ0n) is 8.53. The smallest absolute Gasteiger partial charge is 0.182 e. The first kappa shape index (κ1) is 11.0. The third-order valence-corrected chi connectivity index (χ3v) is 2.88. The van der Waals surface area contributed by atoms with Crippen LogP contribution in [0.3, 0.4) is 0 Å². The van der Waals surface area contributed by atoms with Gasteiger partial charge >= 0.3 is 0 Å². The average molecular weight is 188 g/mol. The Hall–Kier alpha value is -0.120. The molecule has 3 heteroatoms. The van der Waals surface area contributed by atoms with Gasteiger partial charge in [-0.3, -0.25) is 0 Å². The molecular formula is C10H20O3. The lowest BCUT2D eigenvalue weighted by Crippen LogP contribution is -2.37. The fraction of sp³-hybridized carbons (Fsp3) is 1.00. The maximum absolute atomic E-state index is 9.88. The molecule has 0 bridgehead atoms. The van der Waals surface area contributed by atoms with Crippen LogP contribution in [0.4, 0.5) is 0 Å². The molecule has 1 N–H and O–H groups in total. The highest BCUT2D eigenvalue weighted by molar-refractivity contribution is 4.75. The molecule has 0 radical (unpaired) electrons. The maximum atomic E-state index is 9.88. The van der Waals surface area contributed by atoms with Gasteiger partial charge in [0.25, 0.3) is 0 Å². The summed E-state index contributed by atoms with van der Waals surface area (Å²) < 4.78 is 10.1. The molecule has 1 saturated carbocycles. The molecule has 0 heterocycles. The minimum atomic E-state index is -0.463. The predicted molar refractivity (Wildman–Crippen MR) is 50.4 cm³/mol. The van der Waals surface area contributed by atoms with Crippen LogP contribution in [0.25, 0.3) is 0 Å². The fourth-order valence-corrected chi connectivity index (χ4v) is 2.07. The van der Waals surface area contributed by atoms with E-state index in [1.54, 1.807) is 14.2 Å². The molecule has 13 heavy (non-hydrogen) atoms. The van der Waals surface area contributed by atoms with E-state index in [1.165, 1.54) is 19.3 Å². The van der Waals surface area contributed by atoms with Gasteiger partial charge in [0.05, 0.1) is 0 Å². The van der Waals surface area contributed by atoms with Gasteiger partial charge in [-0.1, -0.05) is 19.3 Å². The van der Waals surface area contributed by atoms with Crippen LogP contribution in [0.2, 0.25) is 0 Å². The summed E-state index contributed by atoms with van der Waals surface area (Å²) in [6, 6.07) is 0. The number of ether oxygens (including phenoxy) is 2. The number of aliphatic hydroxyl groups excluding tert-OH is 1. The lowest BCUT2D eigenvalue weighted by molar-refractivity contribution is -0.181. The maximum Gasteiger partial charge on any atom is 0.182 e. The largest absolute Gasteiger partial charge is 0.388 e. The number of hydrogen-bond donors (Lipinski definition) is 1. The van der Waals surface area contributed by atoms with Crippen LogP contribution in [-0.4, -0.2) is 31.7 Å². The molecule has 0 saturated heterocycles. The second-order valence-electron chi connectivity index (χ2n) is 3.73. The summed E-state index contributed by atoms with van der Waals surface area (Å²) in [7, 11) is 3.14. The van der Waals surface area contributed by atoms with Gasteiger partial charge in [0.2, 0.25) is 0 Å². The molecule has 1 rings (SSSR count). The molecule has 3 nitrogen and oxygen atoms in total. The quantitative estimate of drug-likeness (QED) is 0.680. The first-order valence-electron chi connectivity index (χ1n) is 5.03. The molecule has 0 aromatic carbocycles. The summed E-state index contributed by atoms with van der Waals surface area (Å²) in [5, 5.41) is 9.88. The summed E-state index contributed by atoms with van der Waals surface area (Å²) in [5.41, 5.74) is 0. The summed E-state index contributed by atoms with van der Waals surface area (Å²) >= 11 is 0.